The number of fused-ring (bicyclic) bond motifs is 5. The van der Waals surface area contributed by atoms with Crippen molar-refractivity contribution in [3.05, 3.63) is 11.6 Å². The predicted molar refractivity (Wildman–Crippen MR) is 143 cm³/mol. The minimum atomic E-state index is -0.663. The first-order valence-electron chi connectivity index (χ1n) is 14.7. The van der Waals surface area contributed by atoms with Crippen LogP contribution in [0.1, 0.15) is 124 Å². The Bertz CT molecular complexity index is 831. The van der Waals surface area contributed by atoms with Crippen LogP contribution >= 0.6 is 0 Å². The predicted octanol–water partition coefficient (Wildman–Crippen LogP) is 6.91. The minimum Gasteiger partial charge on any atom is -0.481 e. The molecule has 204 valence electrons. The van der Waals surface area contributed by atoms with Gasteiger partial charge in [-0.05, 0) is 86.5 Å². The third-order valence-corrected chi connectivity index (χ3v) is 10.4. The van der Waals surface area contributed by atoms with E-state index in [1.165, 1.54) is 37.7 Å². The smallest absolute Gasteiger partial charge is 0.303 e. The summed E-state index contributed by atoms with van der Waals surface area (Å²) in [5, 5.41) is 19.0. The summed E-state index contributed by atoms with van der Waals surface area (Å²) in [6, 6.07) is 0. The first kappa shape index (κ1) is 29.1. The number of carboxylic acids is 1. The van der Waals surface area contributed by atoms with Gasteiger partial charge in [0, 0.05) is 18.8 Å². The van der Waals surface area contributed by atoms with Gasteiger partial charge in [-0.25, -0.2) is 0 Å². The number of hydrogen-bond donors (Lipinski definition) is 2. The molecule has 36 heavy (non-hydrogen) atoms. The highest BCUT2D eigenvalue weighted by Crippen LogP contribution is 2.66. The van der Waals surface area contributed by atoms with Crippen LogP contribution in [0.3, 0.4) is 0 Å². The molecule has 1 unspecified atom stereocenters. The Morgan fingerprint density at radius 1 is 0.972 bits per heavy atom. The van der Waals surface area contributed by atoms with Crippen molar-refractivity contribution in [1.82, 2.24) is 0 Å². The molecule has 3 fully saturated rings. The van der Waals surface area contributed by atoms with Crippen LogP contribution in [0.15, 0.2) is 11.6 Å². The number of unbranched alkanes of at least 4 members (excludes halogenated alkanes) is 6. The van der Waals surface area contributed by atoms with Crippen LogP contribution in [0, 0.1) is 34.5 Å². The average Bonchev–Trinajstić information content (AvgIpc) is 3.09. The number of carbonyl (C=O) groups excluding carboxylic acids is 2. The molecule has 7 atom stereocenters. The van der Waals surface area contributed by atoms with Crippen LogP contribution in [0.5, 0.6) is 0 Å². The van der Waals surface area contributed by atoms with Gasteiger partial charge in [0.2, 0.25) is 0 Å². The molecular formula is C31H50O5. The topological polar surface area (TPSA) is 91.7 Å². The van der Waals surface area contributed by atoms with Gasteiger partial charge in [0.25, 0.3) is 0 Å². The molecule has 0 aromatic carbocycles. The normalized spacial score (nSPS) is 37.1. The fourth-order valence-corrected chi connectivity index (χ4v) is 8.54. The molecule has 0 amide bonds. The van der Waals surface area contributed by atoms with E-state index in [-0.39, 0.29) is 22.5 Å². The van der Waals surface area contributed by atoms with Crippen LogP contribution in [-0.2, 0) is 14.4 Å². The lowest BCUT2D eigenvalue weighted by Gasteiger charge is -2.57. The van der Waals surface area contributed by atoms with E-state index in [1.54, 1.807) is 6.92 Å². The maximum Gasteiger partial charge on any atom is 0.303 e. The van der Waals surface area contributed by atoms with Crippen molar-refractivity contribution in [2.45, 2.75) is 130 Å². The second kappa shape index (κ2) is 12.4. The molecule has 0 radical (unpaired) electrons. The van der Waals surface area contributed by atoms with Crippen LogP contribution in [0.2, 0.25) is 0 Å². The van der Waals surface area contributed by atoms with Gasteiger partial charge in [0.05, 0.1) is 6.10 Å². The molecule has 0 bridgehead atoms. The Hall–Kier alpha value is -1.49. The summed E-state index contributed by atoms with van der Waals surface area (Å²) in [7, 11) is 0. The average molecular weight is 503 g/mol. The van der Waals surface area contributed by atoms with Gasteiger partial charge in [-0.1, -0.05) is 64.9 Å². The number of aliphatic hydroxyl groups is 1. The molecule has 0 heterocycles. The Balaban J connectivity index is 0.000000257. The summed E-state index contributed by atoms with van der Waals surface area (Å²) < 4.78 is 0. The lowest BCUT2D eigenvalue weighted by atomic mass is 9.46. The van der Waals surface area contributed by atoms with Gasteiger partial charge in [0.1, 0.15) is 5.78 Å². The van der Waals surface area contributed by atoms with Crippen LogP contribution in [-0.4, -0.2) is 33.9 Å². The lowest BCUT2D eigenvalue weighted by molar-refractivity contribution is -0.137. The second-order valence-corrected chi connectivity index (χ2v) is 12.7. The summed E-state index contributed by atoms with van der Waals surface area (Å²) in [5.41, 5.74) is 1.51. The molecule has 0 spiro atoms. The van der Waals surface area contributed by atoms with E-state index >= 15 is 0 Å². The Labute approximate surface area is 218 Å². The number of aliphatic hydroxyl groups excluding tert-OH is 1. The number of carboxylic acid groups (broad SMARTS) is 1. The largest absolute Gasteiger partial charge is 0.481 e. The number of allylic oxidation sites excluding steroid dienone is 1. The van der Waals surface area contributed by atoms with Crippen LogP contribution in [0.4, 0.5) is 0 Å². The highest BCUT2D eigenvalue weighted by atomic mass is 16.4. The monoisotopic (exact) mass is 502 g/mol. The third kappa shape index (κ3) is 6.14. The molecule has 4 rings (SSSR count). The summed E-state index contributed by atoms with van der Waals surface area (Å²) in [6.45, 7) is 8.49. The van der Waals surface area contributed by atoms with E-state index in [1.807, 2.05) is 6.08 Å². The minimum absolute atomic E-state index is 0.0333. The van der Waals surface area contributed by atoms with Gasteiger partial charge in [0.15, 0.2) is 5.78 Å². The molecule has 0 aliphatic heterocycles. The van der Waals surface area contributed by atoms with E-state index in [0.29, 0.717) is 36.4 Å². The Morgan fingerprint density at radius 3 is 2.28 bits per heavy atom. The third-order valence-electron chi connectivity index (χ3n) is 10.4. The second-order valence-electron chi connectivity index (χ2n) is 12.7. The quantitative estimate of drug-likeness (QED) is 0.334. The standard InChI is InChI=1S/C21H30O3.C10H20O2/c1-12(22)19-18(24)11-17-15-5-4-13-10-14(23)6-8-20(13,2)16(15)7-9-21(17,19)3;1-2-3-4-5-6-7-8-9-10(11)12/h10,15-19,24H,4-9,11H2,1-3H3;2-9H2,1H3,(H,11,12)/t15-,16+,17+,18?,19+,20+,21+;/m1./s1. The molecule has 4 aliphatic rings. The van der Waals surface area contributed by atoms with Gasteiger partial charge >= 0.3 is 5.97 Å². The van der Waals surface area contributed by atoms with E-state index in [2.05, 4.69) is 20.8 Å². The SMILES string of the molecule is CC(=O)[C@H]1C(O)C[C@H]2[C@@H]3CCC4=CC(=O)CC[C@]4(C)[C@H]3CC[C@]12C.CCCCCCCCCC(=O)O. The molecule has 0 saturated heterocycles. The van der Waals surface area contributed by atoms with Gasteiger partial charge in [-0.3, -0.25) is 14.4 Å². The van der Waals surface area contributed by atoms with E-state index in [9.17, 15) is 19.5 Å². The van der Waals surface area contributed by atoms with Gasteiger partial charge < -0.3 is 10.2 Å². The number of hydrogen-bond acceptors (Lipinski definition) is 4. The van der Waals surface area contributed by atoms with E-state index in [4.69, 9.17) is 5.11 Å². The summed E-state index contributed by atoms with van der Waals surface area (Å²) in [5.74, 6) is 1.28. The number of Topliss-reactive ketones (excluding diaryl/α,β-unsaturated/α-hetero) is 1. The first-order chi connectivity index (χ1) is 17.0. The van der Waals surface area contributed by atoms with Crippen molar-refractivity contribution in [2.75, 3.05) is 0 Å². The zero-order valence-corrected chi connectivity index (χ0v) is 23.2. The van der Waals surface area contributed by atoms with Gasteiger partial charge in [-0.2, -0.15) is 0 Å². The molecular weight excluding hydrogens is 452 g/mol. The maximum atomic E-state index is 12.2. The van der Waals surface area contributed by atoms with E-state index < -0.39 is 12.1 Å². The molecule has 2 N–H and O–H groups in total. The molecule has 5 nitrogen and oxygen atoms in total. The molecule has 3 saturated carbocycles. The van der Waals surface area contributed by atoms with Crippen molar-refractivity contribution in [3.8, 4) is 0 Å². The van der Waals surface area contributed by atoms with Gasteiger partial charge in [-0.15, -0.1) is 0 Å². The van der Waals surface area contributed by atoms with Crippen molar-refractivity contribution in [1.29, 1.82) is 0 Å². The first-order valence-corrected chi connectivity index (χ1v) is 14.7. The molecule has 4 aliphatic carbocycles. The molecule has 0 aromatic heterocycles. The van der Waals surface area contributed by atoms with Crippen LogP contribution < -0.4 is 0 Å². The van der Waals surface area contributed by atoms with Crippen LogP contribution in [0.25, 0.3) is 0 Å². The number of carbonyl (C=O) groups is 3. The Kier molecular flexibility index (Phi) is 9.99. The van der Waals surface area contributed by atoms with Crippen molar-refractivity contribution >= 4 is 17.5 Å². The highest BCUT2D eigenvalue weighted by molar-refractivity contribution is 5.91. The zero-order valence-electron chi connectivity index (χ0n) is 23.2. The summed E-state index contributed by atoms with van der Waals surface area (Å²) in [6.07, 6.45) is 16.9. The number of aliphatic carboxylic acids is 1. The van der Waals surface area contributed by atoms with Crippen molar-refractivity contribution in [2.24, 2.45) is 34.5 Å². The molecule has 0 aromatic rings. The fraction of sp³-hybridized carbons (Fsp3) is 0.839. The lowest BCUT2D eigenvalue weighted by Crippen LogP contribution is -2.51. The molecule has 5 heteroatoms. The fourth-order valence-electron chi connectivity index (χ4n) is 8.54. The number of rotatable bonds is 9. The van der Waals surface area contributed by atoms with Crippen molar-refractivity contribution in [3.63, 3.8) is 0 Å². The summed E-state index contributed by atoms with van der Waals surface area (Å²) >= 11 is 0. The summed E-state index contributed by atoms with van der Waals surface area (Å²) in [4.78, 5) is 34.2. The van der Waals surface area contributed by atoms with Crippen molar-refractivity contribution < 1.29 is 24.6 Å². The zero-order chi connectivity index (χ0) is 26.5. The van der Waals surface area contributed by atoms with E-state index in [0.717, 1.165) is 51.4 Å². The Morgan fingerprint density at radius 2 is 1.64 bits per heavy atom. The number of ketones is 2. The maximum absolute atomic E-state index is 12.2. The highest BCUT2D eigenvalue weighted by Gasteiger charge is 2.62.